The summed E-state index contributed by atoms with van der Waals surface area (Å²) >= 11 is 0. The van der Waals surface area contributed by atoms with Crippen LogP contribution in [0.25, 0.3) is 11.2 Å². The van der Waals surface area contributed by atoms with Crippen LogP contribution in [-0.4, -0.2) is 71.0 Å². The number of likely N-dealkylation sites (tertiary alicyclic amines) is 1. The normalized spacial score (nSPS) is 14.7. The third kappa shape index (κ3) is 10.1. The first-order valence-corrected chi connectivity index (χ1v) is 26.2. The summed E-state index contributed by atoms with van der Waals surface area (Å²) in [5.74, 6) is 6.26. The van der Waals surface area contributed by atoms with Gasteiger partial charge in [-0.2, -0.15) is 5.10 Å². The summed E-state index contributed by atoms with van der Waals surface area (Å²) in [6.45, 7) is 5.95. The van der Waals surface area contributed by atoms with Gasteiger partial charge < -0.3 is 14.8 Å². The molecule has 0 saturated carbocycles. The number of ether oxygens (including phenoxy) is 2. The Hall–Kier alpha value is -9.40. The van der Waals surface area contributed by atoms with Gasteiger partial charge in [0.05, 0.1) is 19.3 Å². The van der Waals surface area contributed by atoms with Crippen LogP contribution in [0.4, 0.5) is 10.6 Å². The number of nitrogens with zero attached hydrogens (tertiary/aromatic N) is 7. The Morgan fingerprint density at radius 2 is 1.18 bits per heavy atom. The number of nitrogens with one attached hydrogen (secondary N) is 2. The Labute approximate surface area is 453 Å². The predicted molar refractivity (Wildman–Crippen MR) is 301 cm³/mol. The molecule has 0 radical (unpaired) electrons. The number of rotatable bonds is 16. The summed E-state index contributed by atoms with van der Waals surface area (Å²) in [5, 5.41) is 19.2. The van der Waals surface area contributed by atoms with Crippen LogP contribution in [0.15, 0.2) is 225 Å². The number of hydrogen-bond acceptors (Lipinski definition) is 10. The molecule has 11 rings (SSSR count). The SMILES string of the molecule is CC(C)(C)OC(=O)N1C[C@H](Oc2cccc(Cn3cc(Cc4cc(NC(c5ccccc5)(c5ccccc5)c5ccccc5)nc5c4nnn5C(c4ccccc4)(c4ccccc4)c4ccccc4)cn3)c2)C[C@H]1C(=O)NN. The maximum Gasteiger partial charge on any atom is 0.411 e. The number of pyridine rings is 1. The molecule has 2 atom stereocenters. The second-order valence-corrected chi connectivity index (χ2v) is 20.6. The first-order chi connectivity index (χ1) is 38.0. The lowest BCUT2D eigenvalue weighted by molar-refractivity contribution is -0.125. The van der Waals surface area contributed by atoms with E-state index in [0.717, 1.165) is 50.1 Å². The molecule has 4 heterocycles. The number of carbonyl (C=O) groups excluding carboxylic acids is 2. The lowest BCUT2D eigenvalue weighted by Gasteiger charge is -2.38. The van der Waals surface area contributed by atoms with Crippen molar-refractivity contribution < 1.29 is 19.1 Å². The fourth-order valence-electron chi connectivity index (χ4n) is 10.9. The smallest absolute Gasteiger partial charge is 0.411 e. The van der Waals surface area contributed by atoms with Crippen LogP contribution >= 0.6 is 0 Å². The molecule has 0 unspecified atom stereocenters. The van der Waals surface area contributed by atoms with Gasteiger partial charge in [-0.15, -0.1) is 5.10 Å². The molecule has 0 aliphatic carbocycles. The first-order valence-electron chi connectivity index (χ1n) is 26.2. The molecule has 0 spiro atoms. The van der Waals surface area contributed by atoms with Crippen molar-refractivity contribution in [3.63, 3.8) is 0 Å². The summed E-state index contributed by atoms with van der Waals surface area (Å²) in [4.78, 5) is 33.0. The molecule has 390 valence electrons. The number of hydrogen-bond donors (Lipinski definition) is 3. The van der Waals surface area contributed by atoms with Crippen molar-refractivity contribution in [2.75, 3.05) is 11.9 Å². The summed E-state index contributed by atoms with van der Waals surface area (Å²) in [7, 11) is 0. The molecule has 2 amide bonds. The van der Waals surface area contributed by atoms with Gasteiger partial charge in [0.1, 0.15) is 45.9 Å². The van der Waals surface area contributed by atoms with E-state index in [1.807, 2.05) is 82.4 Å². The molecule has 0 bridgehead atoms. The number of fused-ring (bicyclic) bond motifs is 1. The zero-order chi connectivity index (χ0) is 53.7. The van der Waals surface area contributed by atoms with E-state index in [9.17, 15) is 9.59 Å². The van der Waals surface area contributed by atoms with E-state index in [1.165, 1.54) is 4.90 Å². The number of benzene rings is 7. The molecule has 3 aromatic heterocycles. The molecule has 14 nitrogen and oxygen atoms in total. The minimum Gasteiger partial charge on any atom is -0.488 e. The number of hydrazine groups is 1. The predicted octanol–water partition coefficient (Wildman–Crippen LogP) is 10.7. The molecule has 1 fully saturated rings. The molecule has 7 aromatic carbocycles. The Balaban J connectivity index is 0.996. The van der Waals surface area contributed by atoms with Crippen molar-refractivity contribution in [2.24, 2.45) is 5.84 Å². The molecular formula is C64H60N10O4. The number of nitrogens with two attached hydrogens (primary N) is 1. The molecule has 78 heavy (non-hydrogen) atoms. The first kappa shape index (κ1) is 50.7. The van der Waals surface area contributed by atoms with Crippen molar-refractivity contribution >= 4 is 29.0 Å². The van der Waals surface area contributed by atoms with Crippen molar-refractivity contribution in [2.45, 2.75) is 69.0 Å². The van der Waals surface area contributed by atoms with E-state index in [2.05, 4.69) is 162 Å². The van der Waals surface area contributed by atoms with E-state index < -0.39 is 40.8 Å². The van der Waals surface area contributed by atoms with Crippen molar-refractivity contribution in [3.05, 3.63) is 275 Å². The Bertz CT molecular complexity index is 3450. The van der Waals surface area contributed by atoms with Crippen LogP contribution in [-0.2, 0) is 33.6 Å². The zero-order valence-electron chi connectivity index (χ0n) is 43.7. The van der Waals surface area contributed by atoms with Gasteiger partial charge in [0.2, 0.25) is 0 Å². The molecule has 1 aliphatic rings. The fourth-order valence-corrected chi connectivity index (χ4v) is 10.9. The van der Waals surface area contributed by atoms with E-state index in [4.69, 9.17) is 35.7 Å². The molecule has 14 heteroatoms. The largest absolute Gasteiger partial charge is 0.488 e. The van der Waals surface area contributed by atoms with Crippen LogP contribution in [0.1, 0.15) is 77.3 Å². The Morgan fingerprint density at radius 3 is 1.69 bits per heavy atom. The third-order valence-corrected chi connectivity index (χ3v) is 14.3. The number of anilines is 1. The van der Waals surface area contributed by atoms with E-state index in [1.54, 1.807) is 20.8 Å². The summed E-state index contributed by atoms with van der Waals surface area (Å²) < 4.78 is 15.9. The minimum absolute atomic E-state index is 0.157. The van der Waals surface area contributed by atoms with Crippen LogP contribution in [0.3, 0.4) is 0 Å². The van der Waals surface area contributed by atoms with Crippen LogP contribution in [0, 0.1) is 0 Å². The highest BCUT2D eigenvalue weighted by molar-refractivity contribution is 5.86. The molecule has 10 aromatic rings. The van der Waals surface area contributed by atoms with Gasteiger partial charge in [-0.1, -0.05) is 199 Å². The lowest BCUT2D eigenvalue weighted by atomic mass is 9.77. The second kappa shape index (κ2) is 21.7. The quantitative estimate of drug-likeness (QED) is 0.0367. The third-order valence-electron chi connectivity index (χ3n) is 14.3. The number of aromatic nitrogens is 6. The highest BCUT2D eigenvalue weighted by atomic mass is 16.6. The van der Waals surface area contributed by atoms with Crippen LogP contribution in [0.5, 0.6) is 5.75 Å². The van der Waals surface area contributed by atoms with Crippen molar-refractivity contribution in [1.29, 1.82) is 0 Å². The van der Waals surface area contributed by atoms with Gasteiger partial charge in [0.25, 0.3) is 5.91 Å². The van der Waals surface area contributed by atoms with Gasteiger partial charge in [-0.05, 0) is 89.0 Å². The minimum atomic E-state index is -1.00. The maximum absolute atomic E-state index is 13.2. The summed E-state index contributed by atoms with van der Waals surface area (Å²) in [6, 6.07) is 71.9. The van der Waals surface area contributed by atoms with Gasteiger partial charge in [0, 0.05) is 19.0 Å². The average Bonchev–Trinajstić information content (AvgIpc) is 4.40. The topological polar surface area (TPSA) is 167 Å². The number of carbonyl (C=O) groups is 2. The molecule has 1 aliphatic heterocycles. The average molecular weight is 1030 g/mol. The van der Waals surface area contributed by atoms with Gasteiger partial charge in [-0.25, -0.2) is 20.3 Å². The highest BCUT2D eigenvalue weighted by Gasteiger charge is 2.44. The second-order valence-electron chi connectivity index (χ2n) is 20.6. The number of amides is 2. The molecular weight excluding hydrogens is 973 g/mol. The highest BCUT2D eigenvalue weighted by Crippen LogP contribution is 2.44. The Kier molecular flexibility index (Phi) is 14.1. The zero-order valence-corrected chi connectivity index (χ0v) is 43.7. The van der Waals surface area contributed by atoms with Crippen LogP contribution in [0.2, 0.25) is 0 Å². The van der Waals surface area contributed by atoms with E-state index in [-0.39, 0.29) is 13.0 Å². The molecule has 1 saturated heterocycles. The van der Waals surface area contributed by atoms with Gasteiger partial charge in [-0.3, -0.25) is 19.8 Å². The van der Waals surface area contributed by atoms with E-state index in [0.29, 0.717) is 35.7 Å². The van der Waals surface area contributed by atoms with Gasteiger partial charge >= 0.3 is 6.09 Å². The van der Waals surface area contributed by atoms with Crippen LogP contribution < -0.4 is 21.3 Å². The van der Waals surface area contributed by atoms with Crippen molar-refractivity contribution in [1.82, 2.24) is 40.1 Å². The maximum atomic E-state index is 13.2. The molecule has 4 N–H and O–H groups in total. The van der Waals surface area contributed by atoms with Gasteiger partial charge in [0.15, 0.2) is 5.65 Å². The standard InChI is InChI=1S/C64H60N10O4/c1-62(2,3)78-61(76)73-44-55(40-56(73)60(75)69-65)77-54-36-22-23-45(38-54)42-72-43-46(41-66-72)37-47-39-57(68-63(48-24-10-4-11-25-48,49-26-12-5-13-27-49)50-28-14-6-15-29-50)67-59-58(47)70-71-74(59)64(51-30-16-7-17-31-51,52-32-18-8-19-33-52)53-34-20-9-21-35-53/h4-36,38-39,41,43,55-56H,37,40,42,44,65H2,1-3H3,(H,67,68)(H,69,75)/t55-,56+/m1/s1. The Morgan fingerprint density at radius 1 is 0.654 bits per heavy atom. The van der Waals surface area contributed by atoms with Crippen molar-refractivity contribution in [3.8, 4) is 5.75 Å². The summed E-state index contributed by atoms with van der Waals surface area (Å²) in [6.07, 6.45) is 3.56. The fraction of sp³-hybridized carbons (Fsp3) is 0.188. The summed E-state index contributed by atoms with van der Waals surface area (Å²) in [5.41, 5.74) is 9.67. The monoisotopic (exact) mass is 1030 g/mol. The lowest BCUT2D eigenvalue weighted by Crippen LogP contribution is -2.49. The van der Waals surface area contributed by atoms with E-state index >= 15 is 0 Å².